The number of aromatic nitrogens is 1. The number of hydrogen-bond acceptors (Lipinski definition) is 5. The lowest BCUT2D eigenvalue weighted by atomic mass is 10.2. The molecule has 106 valence electrons. The fourth-order valence-corrected chi connectivity index (χ4v) is 2.24. The van der Waals surface area contributed by atoms with Crippen LogP contribution in [0.4, 0.5) is 19.6 Å². The highest BCUT2D eigenvalue weighted by atomic mass is 32.1. The first-order valence-electron chi connectivity index (χ1n) is 5.55. The van der Waals surface area contributed by atoms with Crippen LogP contribution in [0.3, 0.4) is 0 Å². The van der Waals surface area contributed by atoms with Crippen LogP contribution in [0.2, 0.25) is 0 Å². The van der Waals surface area contributed by atoms with Crippen molar-refractivity contribution in [2.24, 2.45) is 5.73 Å². The van der Waals surface area contributed by atoms with Crippen molar-refractivity contribution in [3.63, 3.8) is 0 Å². The van der Waals surface area contributed by atoms with E-state index in [1.807, 2.05) is 0 Å². The molecule has 0 spiro atoms. The second-order valence-corrected chi connectivity index (χ2v) is 4.93. The zero-order valence-electron chi connectivity index (χ0n) is 10.4. The van der Waals surface area contributed by atoms with Crippen LogP contribution in [0.15, 0.2) is 17.5 Å². The Balaban J connectivity index is 2.28. The van der Waals surface area contributed by atoms with Gasteiger partial charge in [0.1, 0.15) is 17.5 Å². The van der Waals surface area contributed by atoms with E-state index in [1.54, 1.807) is 0 Å². The summed E-state index contributed by atoms with van der Waals surface area (Å²) in [7, 11) is 0. The monoisotopic (exact) mass is 299 g/mol. The van der Waals surface area contributed by atoms with Gasteiger partial charge in [-0.3, -0.25) is 4.79 Å². The van der Waals surface area contributed by atoms with E-state index < -0.39 is 23.6 Å². The maximum Gasteiger partial charge on any atom is 0.326 e. The van der Waals surface area contributed by atoms with E-state index in [0.717, 1.165) is 17.4 Å². The molecule has 0 aliphatic rings. The molecule has 2 aromatic rings. The van der Waals surface area contributed by atoms with E-state index in [-0.39, 0.29) is 22.1 Å². The number of thiazole rings is 1. The average Bonchev–Trinajstić information content (AvgIpc) is 2.86. The lowest BCUT2D eigenvalue weighted by Gasteiger charge is -2.07. The van der Waals surface area contributed by atoms with Gasteiger partial charge in [0.15, 0.2) is 10.9 Å². The van der Waals surface area contributed by atoms with Crippen molar-refractivity contribution in [2.45, 2.75) is 13.0 Å². The summed E-state index contributed by atoms with van der Waals surface area (Å²) in [6.45, 7) is 1.51. The van der Waals surface area contributed by atoms with Crippen molar-refractivity contribution < 1.29 is 18.7 Å². The quantitative estimate of drug-likeness (QED) is 0.807. The normalized spacial score (nSPS) is 12.2. The van der Waals surface area contributed by atoms with Crippen molar-refractivity contribution in [3.05, 3.63) is 40.4 Å². The molecular formula is C12H11F2N3O2S. The van der Waals surface area contributed by atoms with Crippen LogP contribution in [-0.2, 0) is 4.79 Å². The van der Waals surface area contributed by atoms with E-state index in [1.165, 1.54) is 18.4 Å². The number of nitrogens with zero attached hydrogens (tertiary/aromatic N) is 1. The van der Waals surface area contributed by atoms with E-state index in [4.69, 9.17) is 10.8 Å². The van der Waals surface area contributed by atoms with Gasteiger partial charge < -0.3 is 16.2 Å². The van der Waals surface area contributed by atoms with Gasteiger partial charge in [-0.2, -0.15) is 0 Å². The smallest absolute Gasteiger partial charge is 0.326 e. The summed E-state index contributed by atoms with van der Waals surface area (Å²) in [5.74, 6) is -2.70. The Kier molecular flexibility index (Phi) is 3.96. The van der Waals surface area contributed by atoms with Crippen molar-refractivity contribution in [1.82, 2.24) is 4.98 Å². The summed E-state index contributed by atoms with van der Waals surface area (Å²) in [5, 5.41) is 12.9. The largest absolute Gasteiger partial charge is 0.480 e. The molecule has 0 aliphatic heterocycles. The first kappa shape index (κ1) is 14.4. The number of nitrogens with two attached hydrogens (primary N) is 1. The zero-order valence-corrected chi connectivity index (χ0v) is 11.2. The molecule has 0 amide bonds. The van der Waals surface area contributed by atoms with Crippen molar-refractivity contribution >= 4 is 28.1 Å². The van der Waals surface area contributed by atoms with Crippen LogP contribution in [0.5, 0.6) is 0 Å². The number of hydrogen-bond donors (Lipinski definition) is 3. The first-order valence-corrected chi connectivity index (χ1v) is 6.43. The summed E-state index contributed by atoms with van der Waals surface area (Å²) in [6, 6.07) is 1.19. The number of carboxylic acid groups (broad SMARTS) is 1. The minimum Gasteiger partial charge on any atom is -0.480 e. The Morgan fingerprint density at radius 2 is 2.20 bits per heavy atom. The standard InChI is InChI=1S/C12H11F2N3O2S/c1-5-2-3-6(13)10(8(5)14)17-12-16-7(4-20-12)9(15)11(18)19/h2-4,9H,15H2,1H3,(H,16,17)(H,18,19). The molecule has 8 heteroatoms. The average molecular weight is 299 g/mol. The van der Waals surface area contributed by atoms with Gasteiger partial charge in [0, 0.05) is 5.38 Å². The topological polar surface area (TPSA) is 88.2 Å². The second kappa shape index (κ2) is 5.51. The van der Waals surface area contributed by atoms with Crippen LogP contribution in [-0.4, -0.2) is 16.1 Å². The van der Waals surface area contributed by atoms with Crippen molar-refractivity contribution in [1.29, 1.82) is 0 Å². The maximum atomic E-state index is 13.8. The zero-order chi connectivity index (χ0) is 14.9. The Bertz CT molecular complexity index is 660. The molecule has 1 heterocycles. The number of carboxylic acids is 1. The van der Waals surface area contributed by atoms with Gasteiger partial charge in [-0.15, -0.1) is 11.3 Å². The number of aliphatic carboxylic acids is 1. The third-order valence-corrected chi connectivity index (χ3v) is 3.40. The van der Waals surface area contributed by atoms with Gasteiger partial charge in [-0.05, 0) is 18.6 Å². The molecule has 0 saturated heterocycles. The summed E-state index contributed by atoms with van der Waals surface area (Å²) in [4.78, 5) is 14.6. The minimum absolute atomic E-state index is 0.124. The molecular weight excluding hydrogens is 288 g/mol. The molecule has 4 N–H and O–H groups in total. The van der Waals surface area contributed by atoms with Crippen LogP contribution in [0.25, 0.3) is 0 Å². The number of nitrogens with one attached hydrogen (secondary N) is 1. The van der Waals surface area contributed by atoms with Crippen LogP contribution in [0.1, 0.15) is 17.3 Å². The predicted octanol–water partition coefficient (Wildman–Crippen LogP) is 2.56. The van der Waals surface area contributed by atoms with Gasteiger partial charge in [-0.25, -0.2) is 13.8 Å². The highest BCUT2D eigenvalue weighted by Crippen LogP contribution is 2.28. The lowest BCUT2D eigenvalue weighted by molar-refractivity contribution is -0.138. The highest BCUT2D eigenvalue weighted by Gasteiger charge is 2.19. The molecule has 0 saturated carbocycles. The van der Waals surface area contributed by atoms with Gasteiger partial charge >= 0.3 is 5.97 Å². The van der Waals surface area contributed by atoms with Gasteiger partial charge in [-0.1, -0.05) is 6.07 Å². The van der Waals surface area contributed by atoms with Gasteiger partial charge in [0.2, 0.25) is 0 Å². The van der Waals surface area contributed by atoms with E-state index in [2.05, 4.69) is 10.3 Å². The number of benzene rings is 1. The fourth-order valence-electron chi connectivity index (χ4n) is 1.49. The molecule has 0 aliphatic carbocycles. The molecule has 1 aromatic carbocycles. The number of rotatable bonds is 4. The van der Waals surface area contributed by atoms with E-state index in [9.17, 15) is 13.6 Å². The van der Waals surface area contributed by atoms with Gasteiger partial charge in [0.05, 0.1) is 5.69 Å². The van der Waals surface area contributed by atoms with Crippen LogP contribution in [0, 0.1) is 18.6 Å². The molecule has 2 rings (SSSR count). The Morgan fingerprint density at radius 1 is 1.50 bits per heavy atom. The third kappa shape index (κ3) is 2.75. The Labute approximate surface area is 117 Å². The Morgan fingerprint density at radius 3 is 2.85 bits per heavy atom. The molecule has 1 unspecified atom stereocenters. The summed E-state index contributed by atoms with van der Waals surface area (Å²) in [6.07, 6.45) is 0. The molecule has 1 aromatic heterocycles. The predicted molar refractivity (Wildman–Crippen MR) is 71.1 cm³/mol. The lowest BCUT2D eigenvalue weighted by Crippen LogP contribution is -2.20. The number of halogens is 2. The van der Waals surface area contributed by atoms with Crippen LogP contribution >= 0.6 is 11.3 Å². The molecule has 0 bridgehead atoms. The third-order valence-electron chi connectivity index (χ3n) is 2.62. The van der Waals surface area contributed by atoms with Gasteiger partial charge in [0.25, 0.3) is 0 Å². The first-order chi connectivity index (χ1) is 9.40. The SMILES string of the molecule is Cc1ccc(F)c(Nc2nc(C(N)C(=O)O)cs2)c1F. The number of anilines is 2. The molecule has 1 atom stereocenters. The summed E-state index contributed by atoms with van der Waals surface area (Å²) in [5.41, 5.74) is 5.48. The minimum atomic E-state index is -1.27. The molecule has 0 fully saturated rings. The highest BCUT2D eigenvalue weighted by molar-refractivity contribution is 7.13. The maximum absolute atomic E-state index is 13.8. The summed E-state index contributed by atoms with van der Waals surface area (Å²) < 4.78 is 27.4. The molecule has 0 radical (unpaired) electrons. The van der Waals surface area contributed by atoms with Crippen molar-refractivity contribution in [3.8, 4) is 0 Å². The fraction of sp³-hybridized carbons (Fsp3) is 0.167. The van der Waals surface area contributed by atoms with Crippen LogP contribution < -0.4 is 11.1 Å². The summed E-state index contributed by atoms with van der Waals surface area (Å²) >= 11 is 1.01. The van der Waals surface area contributed by atoms with Crippen molar-refractivity contribution in [2.75, 3.05) is 5.32 Å². The van der Waals surface area contributed by atoms with E-state index in [0.29, 0.717) is 0 Å². The number of aryl methyl sites for hydroxylation is 1. The molecule has 5 nitrogen and oxygen atoms in total. The number of carbonyl (C=O) groups is 1. The molecule has 20 heavy (non-hydrogen) atoms. The second-order valence-electron chi connectivity index (χ2n) is 4.07. The van der Waals surface area contributed by atoms with E-state index >= 15 is 0 Å². The Hall–Kier alpha value is -2.06.